The van der Waals surface area contributed by atoms with Crippen molar-refractivity contribution in [3.8, 4) is 0 Å². The lowest BCUT2D eigenvalue weighted by Crippen LogP contribution is -2.51. The molecule has 0 radical (unpaired) electrons. The van der Waals surface area contributed by atoms with Gasteiger partial charge in [-0.25, -0.2) is 4.98 Å². The molecule has 4 heteroatoms. The third kappa shape index (κ3) is 3.36. The van der Waals surface area contributed by atoms with Crippen LogP contribution in [0.3, 0.4) is 0 Å². The molecule has 0 aliphatic carbocycles. The van der Waals surface area contributed by atoms with E-state index in [2.05, 4.69) is 41.4 Å². The Morgan fingerprint density at radius 2 is 2.21 bits per heavy atom. The summed E-state index contributed by atoms with van der Waals surface area (Å²) in [6.45, 7) is 10.4. The summed E-state index contributed by atoms with van der Waals surface area (Å²) >= 11 is 1.80. The quantitative estimate of drug-likeness (QED) is 0.896. The molecule has 108 valence electrons. The minimum Gasteiger partial charge on any atom is -0.310 e. The number of hydrogen-bond acceptors (Lipinski definition) is 4. The number of aromatic nitrogens is 1. The molecule has 1 aromatic heterocycles. The van der Waals surface area contributed by atoms with E-state index in [0.717, 1.165) is 19.5 Å². The fourth-order valence-electron chi connectivity index (χ4n) is 3.14. The van der Waals surface area contributed by atoms with Crippen LogP contribution in [0.4, 0.5) is 0 Å². The standard InChI is InChI=1S/C15H27N3S/c1-4-13(14-16-9-11-19-14)18-10-7-8-17-15(5-2,6-3)12-18/h9,11,13,17H,4-8,10,12H2,1-3H3. The van der Waals surface area contributed by atoms with Crippen molar-refractivity contribution in [3.63, 3.8) is 0 Å². The summed E-state index contributed by atoms with van der Waals surface area (Å²) in [5.41, 5.74) is 0.293. The van der Waals surface area contributed by atoms with Crippen molar-refractivity contribution in [2.24, 2.45) is 0 Å². The molecule has 1 atom stereocenters. The van der Waals surface area contributed by atoms with Crippen molar-refractivity contribution in [1.29, 1.82) is 0 Å². The number of hydrogen-bond donors (Lipinski definition) is 1. The molecule has 2 rings (SSSR count). The number of rotatable bonds is 5. The Kier molecular flexibility index (Phi) is 5.37. The van der Waals surface area contributed by atoms with Crippen LogP contribution >= 0.6 is 11.3 Å². The van der Waals surface area contributed by atoms with E-state index in [1.807, 2.05) is 6.20 Å². The monoisotopic (exact) mass is 281 g/mol. The summed E-state index contributed by atoms with van der Waals surface area (Å²) < 4.78 is 0. The highest BCUT2D eigenvalue weighted by Crippen LogP contribution is 2.30. The van der Waals surface area contributed by atoms with Crippen LogP contribution in [0.5, 0.6) is 0 Å². The third-order valence-corrected chi connectivity index (χ3v) is 5.42. The summed E-state index contributed by atoms with van der Waals surface area (Å²) in [5.74, 6) is 0. The van der Waals surface area contributed by atoms with Crippen LogP contribution in [-0.2, 0) is 0 Å². The van der Waals surface area contributed by atoms with Crippen molar-refractivity contribution < 1.29 is 0 Å². The molecule has 3 nitrogen and oxygen atoms in total. The number of thiazole rings is 1. The highest BCUT2D eigenvalue weighted by atomic mass is 32.1. The normalized spacial score (nSPS) is 22.1. The van der Waals surface area contributed by atoms with Crippen LogP contribution < -0.4 is 5.32 Å². The maximum absolute atomic E-state index is 4.55. The molecule has 0 spiro atoms. The first-order valence-electron chi connectivity index (χ1n) is 7.63. The Bertz CT molecular complexity index is 359. The molecule has 2 heterocycles. The van der Waals surface area contributed by atoms with Crippen LogP contribution in [-0.4, -0.2) is 35.1 Å². The average Bonchev–Trinajstić information content (AvgIpc) is 2.87. The van der Waals surface area contributed by atoms with Gasteiger partial charge >= 0.3 is 0 Å². The highest BCUT2D eigenvalue weighted by molar-refractivity contribution is 7.09. The van der Waals surface area contributed by atoms with Gasteiger partial charge in [-0.15, -0.1) is 11.3 Å². The van der Waals surface area contributed by atoms with Gasteiger partial charge in [0, 0.05) is 30.2 Å². The van der Waals surface area contributed by atoms with Gasteiger partial charge in [-0.3, -0.25) is 4.90 Å². The number of nitrogens with one attached hydrogen (secondary N) is 1. The molecule has 0 saturated carbocycles. The van der Waals surface area contributed by atoms with Crippen LogP contribution in [0.25, 0.3) is 0 Å². The van der Waals surface area contributed by atoms with Crippen LogP contribution in [0, 0.1) is 0 Å². The van der Waals surface area contributed by atoms with Gasteiger partial charge in [-0.1, -0.05) is 20.8 Å². The van der Waals surface area contributed by atoms with Gasteiger partial charge in [0.15, 0.2) is 0 Å². The zero-order valence-electron chi connectivity index (χ0n) is 12.5. The van der Waals surface area contributed by atoms with E-state index in [0.29, 0.717) is 11.6 Å². The fraction of sp³-hybridized carbons (Fsp3) is 0.800. The molecule has 0 bridgehead atoms. The van der Waals surface area contributed by atoms with Crippen LogP contribution in [0.1, 0.15) is 57.5 Å². The zero-order valence-corrected chi connectivity index (χ0v) is 13.3. The van der Waals surface area contributed by atoms with E-state index < -0.39 is 0 Å². The molecule has 0 aromatic carbocycles. The second-order valence-corrected chi connectivity index (χ2v) is 6.46. The second-order valence-electron chi connectivity index (χ2n) is 5.53. The predicted molar refractivity (Wildman–Crippen MR) is 82.7 cm³/mol. The topological polar surface area (TPSA) is 28.2 Å². The predicted octanol–water partition coefficient (Wildman–Crippen LogP) is 3.45. The van der Waals surface area contributed by atoms with E-state index in [-0.39, 0.29) is 0 Å². The molecule has 1 aromatic rings. The summed E-state index contributed by atoms with van der Waals surface area (Å²) in [4.78, 5) is 7.21. The van der Waals surface area contributed by atoms with Gasteiger partial charge < -0.3 is 5.32 Å². The minimum absolute atomic E-state index is 0.293. The van der Waals surface area contributed by atoms with Gasteiger partial charge in [-0.2, -0.15) is 0 Å². The van der Waals surface area contributed by atoms with Crippen molar-refractivity contribution in [2.45, 2.75) is 58.0 Å². The Hall–Kier alpha value is -0.450. The smallest absolute Gasteiger partial charge is 0.110 e. The van der Waals surface area contributed by atoms with Crippen LogP contribution in [0.15, 0.2) is 11.6 Å². The maximum Gasteiger partial charge on any atom is 0.110 e. The third-order valence-electron chi connectivity index (χ3n) is 4.55. The fourth-order valence-corrected chi connectivity index (χ4v) is 3.99. The zero-order chi connectivity index (χ0) is 13.7. The van der Waals surface area contributed by atoms with E-state index >= 15 is 0 Å². The van der Waals surface area contributed by atoms with Crippen molar-refractivity contribution in [3.05, 3.63) is 16.6 Å². The van der Waals surface area contributed by atoms with E-state index in [1.54, 1.807) is 11.3 Å². The first kappa shape index (κ1) is 14.9. The van der Waals surface area contributed by atoms with Crippen molar-refractivity contribution >= 4 is 11.3 Å². The molecule has 0 amide bonds. The molecule has 1 aliphatic rings. The highest BCUT2D eigenvalue weighted by Gasteiger charge is 2.33. The summed E-state index contributed by atoms with van der Waals surface area (Å²) in [7, 11) is 0. The van der Waals surface area contributed by atoms with Crippen molar-refractivity contribution in [2.75, 3.05) is 19.6 Å². The summed E-state index contributed by atoms with van der Waals surface area (Å²) in [6, 6.07) is 0.498. The first-order chi connectivity index (χ1) is 9.24. The molecule has 1 aliphatic heterocycles. The lowest BCUT2D eigenvalue weighted by Gasteiger charge is -2.38. The molecular formula is C15H27N3S. The average molecular weight is 281 g/mol. The van der Waals surface area contributed by atoms with Gasteiger partial charge in [-0.05, 0) is 32.2 Å². The first-order valence-corrected chi connectivity index (χ1v) is 8.51. The summed E-state index contributed by atoms with van der Waals surface area (Å²) in [5, 5.41) is 7.17. The Labute approximate surface area is 121 Å². The SMILES string of the molecule is CCC(c1nccs1)N1CCCNC(CC)(CC)C1. The minimum atomic E-state index is 0.293. The lowest BCUT2D eigenvalue weighted by molar-refractivity contribution is 0.144. The Morgan fingerprint density at radius 3 is 2.79 bits per heavy atom. The van der Waals surface area contributed by atoms with Gasteiger partial charge in [0.1, 0.15) is 5.01 Å². The van der Waals surface area contributed by atoms with E-state index in [1.165, 1.54) is 30.8 Å². The maximum atomic E-state index is 4.55. The molecule has 1 saturated heterocycles. The van der Waals surface area contributed by atoms with Gasteiger partial charge in [0.05, 0.1) is 6.04 Å². The molecule has 1 unspecified atom stereocenters. The van der Waals surface area contributed by atoms with E-state index in [4.69, 9.17) is 0 Å². The van der Waals surface area contributed by atoms with Crippen LogP contribution in [0.2, 0.25) is 0 Å². The molecule has 1 fully saturated rings. The molecular weight excluding hydrogens is 254 g/mol. The van der Waals surface area contributed by atoms with Gasteiger partial charge in [0.2, 0.25) is 0 Å². The molecule has 1 N–H and O–H groups in total. The van der Waals surface area contributed by atoms with Crippen molar-refractivity contribution in [1.82, 2.24) is 15.2 Å². The van der Waals surface area contributed by atoms with E-state index in [9.17, 15) is 0 Å². The lowest BCUT2D eigenvalue weighted by atomic mass is 9.92. The Balaban J connectivity index is 2.17. The largest absolute Gasteiger partial charge is 0.310 e. The van der Waals surface area contributed by atoms with Gasteiger partial charge in [0.25, 0.3) is 0 Å². The Morgan fingerprint density at radius 1 is 1.42 bits per heavy atom. The molecule has 19 heavy (non-hydrogen) atoms. The summed E-state index contributed by atoms with van der Waals surface area (Å²) in [6.07, 6.45) is 6.73. The second kappa shape index (κ2) is 6.82. The number of nitrogens with zero attached hydrogens (tertiary/aromatic N) is 2.